The predicted molar refractivity (Wildman–Crippen MR) is 223 cm³/mol. The van der Waals surface area contributed by atoms with Gasteiger partial charge < -0.3 is 9.13 Å². The van der Waals surface area contributed by atoms with E-state index in [4.69, 9.17) is 0 Å². The number of para-hydroxylation sites is 2. The van der Waals surface area contributed by atoms with Crippen molar-refractivity contribution in [3.05, 3.63) is 187 Å². The molecule has 0 aliphatic rings. The molecule has 0 radical (unpaired) electrons. The van der Waals surface area contributed by atoms with Gasteiger partial charge in [-0.2, -0.15) is 5.26 Å². The molecule has 7 aromatic carbocycles. The number of rotatable bonds is 5. The summed E-state index contributed by atoms with van der Waals surface area (Å²) in [5.74, 6) is 0. The summed E-state index contributed by atoms with van der Waals surface area (Å²) < 4.78 is 4.68. The zero-order valence-electron chi connectivity index (χ0n) is 30.0. The fraction of sp³-hybridized carbons (Fsp3) is 0.0400. The van der Waals surface area contributed by atoms with E-state index in [1.807, 2.05) is 24.5 Å². The third-order valence-corrected chi connectivity index (χ3v) is 10.8. The molecule has 0 saturated heterocycles. The van der Waals surface area contributed by atoms with Gasteiger partial charge in [-0.15, -0.1) is 0 Å². The molecule has 0 atom stereocenters. The van der Waals surface area contributed by atoms with Crippen molar-refractivity contribution in [3.8, 4) is 50.8 Å². The highest BCUT2D eigenvalue weighted by molar-refractivity contribution is 6.13. The van der Waals surface area contributed by atoms with Crippen molar-refractivity contribution >= 4 is 43.6 Å². The lowest BCUT2D eigenvalue weighted by molar-refractivity contribution is 1.13. The highest BCUT2D eigenvalue weighted by Crippen LogP contribution is 2.43. The number of fused-ring (bicyclic) bond motifs is 6. The van der Waals surface area contributed by atoms with E-state index in [0.717, 1.165) is 66.1 Å². The molecule has 10 rings (SSSR count). The first-order chi connectivity index (χ1) is 26.6. The van der Waals surface area contributed by atoms with E-state index in [1.54, 1.807) is 0 Å². The molecule has 3 aromatic heterocycles. The van der Waals surface area contributed by atoms with Crippen molar-refractivity contribution in [3.63, 3.8) is 0 Å². The van der Waals surface area contributed by atoms with Crippen LogP contribution in [0.4, 0.5) is 0 Å². The van der Waals surface area contributed by atoms with Gasteiger partial charge in [0.25, 0.3) is 0 Å². The number of hydrogen-bond acceptors (Lipinski definition) is 2. The fourth-order valence-electron chi connectivity index (χ4n) is 8.16. The minimum Gasteiger partial charge on any atom is -0.308 e. The molecule has 10 aromatic rings. The molecule has 0 saturated carbocycles. The predicted octanol–water partition coefficient (Wildman–Crippen LogP) is 12.8. The fourth-order valence-corrected chi connectivity index (χ4v) is 8.16. The molecule has 54 heavy (non-hydrogen) atoms. The largest absolute Gasteiger partial charge is 0.308 e. The van der Waals surface area contributed by atoms with Crippen molar-refractivity contribution in [1.82, 2.24) is 14.1 Å². The summed E-state index contributed by atoms with van der Waals surface area (Å²) in [5.41, 5.74) is 16.0. The van der Waals surface area contributed by atoms with Crippen molar-refractivity contribution in [2.75, 3.05) is 0 Å². The van der Waals surface area contributed by atoms with Crippen LogP contribution in [0, 0.1) is 25.2 Å². The van der Waals surface area contributed by atoms with Gasteiger partial charge in [0.05, 0.1) is 45.1 Å². The summed E-state index contributed by atoms with van der Waals surface area (Å²) in [6.45, 7) is 4.24. The molecule has 0 unspecified atom stereocenters. The molecule has 0 amide bonds. The number of nitriles is 1. The van der Waals surface area contributed by atoms with Gasteiger partial charge in [-0.05, 0) is 102 Å². The molecule has 0 aliphatic heterocycles. The summed E-state index contributed by atoms with van der Waals surface area (Å²) >= 11 is 0. The van der Waals surface area contributed by atoms with Crippen LogP contribution in [0.2, 0.25) is 0 Å². The Morgan fingerprint density at radius 3 is 1.31 bits per heavy atom. The summed E-state index contributed by atoms with van der Waals surface area (Å²) in [6, 6.07) is 58.8. The van der Waals surface area contributed by atoms with E-state index >= 15 is 0 Å². The second-order valence-electron chi connectivity index (χ2n) is 14.1. The number of benzene rings is 7. The second kappa shape index (κ2) is 12.5. The molecule has 3 heterocycles. The van der Waals surface area contributed by atoms with Crippen molar-refractivity contribution in [2.24, 2.45) is 0 Å². The van der Waals surface area contributed by atoms with Gasteiger partial charge in [-0.1, -0.05) is 108 Å². The van der Waals surface area contributed by atoms with E-state index < -0.39 is 0 Å². The first-order valence-corrected chi connectivity index (χ1v) is 18.3. The maximum atomic E-state index is 10.7. The Balaban J connectivity index is 1.30. The molecule has 0 spiro atoms. The Labute approximate surface area is 313 Å². The number of hydrogen-bond donors (Lipinski definition) is 0. The third-order valence-electron chi connectivity index (χ3n) is 10.8. The lowest BCUT2D eigenvalue weighted by Crippen LogP contribution is -2.05. The maximum absolute atomic E-state index is 10.7. The Bertz CT molecular complexity index is 2920. The first kappa shape index (κ1) is 31.5. The van der Waals surface area contributed by atoms with E-state index in [-0.39, 0.29) is 0 Å². The van der Waals surface area contributed by atoms with Crippen molar-refractivity contribution in [1.29, 1.82) is 5.26 Å². The van der Waals surface area contributed by atoms with Gasteiger partial charge in [-0.3, -0.25) is 4.98 Å². The highest BCUT2D eigenvalue weighted by Gasteiger charge is 2.23. The molecular formula is C50H34N4. The highest BCUT2D eigenvalue weighted by atomic mass is 15.0. The Kier molecular flexibility index (Phi) is 7.28. The zero-order chi connectivity index (χ0) is 36.3. The Morgan fingerprint density at radius 2 is 0.852 bits per heavy atom. The average Bonchev–Trinajstić information content (AvgIpc) is 3.73. The zero-order valence-corrected chi connectivity index (χ0v) is 30.0. The van der Waals surface area contributed by atoms with Crippen molar-refractivity contribution < 1.29 is 0 Å². The van der Waals surface area contributed by atoms with Crippen LogP contribution in [0.5, 0.6) is 0 Å². The Morgan fingerprint density at radius 1 is 0.426 bits per heavy atom. The van der Waals surface area contributed by atoms with Gasteiger partial charge >= 0.3 is 0 Å². The van der Waals surface area contributed by atoms with Gasteiger partial charge in [-0.25, -0.2) is 0 Å². The summed E-state index contributed by atoms with van der Waals surface area (Å²) in [7, 11) is 0. The summed E-state index contributed by atoms with van der Waals surface area (Å²) in [5, 5.41) is 15.3. The number of aromatic nitrogens is 3. The van der Waals surface area contributed by atoms with Crippen LogP contribution in [-0.2, 0) is 0 Å². The van der Waals surface area contributed by atoms with E-state index in [1.165, 1.54) is 33.4 Å². The van der Waals surface area contributed by atoms with Crippen LogP contribution < -0.4 is 0 Å². The molecule has 4 nitrogen and oxygen atoms in total. The summed E-state index contributed by atoms with van der Waals surface area (Å²) in [4.78, 5) is 4.41. The minimum atomic E-state index is 0.585. The molecule has 254 valence electrons. The molecular weight excluding hydrogens is 657 g/mol. The smallest absolute Gasteiger partial charge is 0.0993 e. The van der Waals surface area contributed by atoms with E-state index in [9.17, 15) is 5.26 Å². The van der Waals surface area contributed by atoms with Crippen LogP contribution in [0.3, 0.4) is 0 Å². The Hall–Kier alpha value is -7.22. The number of aryl methyl sites for hydroxylation is 2. The van der Waals surface area contributed by atoms with Crippen LogP contribution >= 0.6 is 0 Å². The lowest BCUT2D eigenvalue weighted by Gasteiger charge is -2.21. The monoisotopic (exact) mass is 690 g/mol. The van der Waals surface area contributed by atoms with E-state index in [0.29, 0.717) is 5.56 Å². The molecule has 4 heteroatoms. The standard InChI is InChI=1S/C50H34N4/c1-32-11-15-35(16-12-32)38-19-21-46-42(29-38)40-7-3-5-9-44(40)53(46)48-27-34(31-51)28-49(50(48)37-23-25-52-26-24-37)54-45-10-6-4-8-41(45)43-30-39(20-22-47(43)54)36-17-13-33(2)14-18-36/h3-30H,1-2H3. The van der Waals surface area contributed by atoms with Gasteiger partial charge in [0.1, 0.15) is 0 Å². The topological polar surface area (TPSA) is 46.5 Å². The quantitative estimate of drug-likeness (QED) is 0.180. The van der Waals surface area contributed by atoms with Gasteiger partial charge in [0.2, 0.25) is 0 Å². The molecule has 0 aliphatic carbocycles. The van der Waals surface area contributed by atoms with Crippen LogP contribution in [-0.4, -0.2) is 14.1 Å². The maximum Gasteiger partial charge on any atom is 0.0993 e. The lowest BCUT2D eigenvalue weighted by atomic mass is 9.98. The third kappa shape index (κ3) is 5.02. The average molecular weight is 691 g/mol. The molecule has 0 fully saturated rings. The van der Waals surface area contributed by atoms with Crippen molar-refractivity contribution in [2.45, 2.75) is 13.8 Å². The SMILES string of the molecule is Cc1ccc(-c2ccc3c(c2)c2ccccc2n3-c2cc(C#N)cc(-n3c4ccccc4c4cc(-c5ccc(C)cc5)ccc43)c2-c2ccncc2)cc1. The van der Waals surface area contributed by atoms with Crippen LogP contribution in [0.1, 0.15) is 16.7 Å². The van der Waals surface area contributed by atoms with E-state index in [2.05, 4.69) is 180 Å². The molecule has 0 bridgehead atoms. The normalized spacial score (nSPS) is 11.5. The first-order valence-electron chi connectivity index (χ1n) is 18.3. The second-order valence-corrected chi connectivity index (χ2v) is 14.1. The van der Waals surface area contributed by atoms with Crippen LogP contribution in [0.25, 0.3) is 88.4 Å². The van der Waals surface area contributed by atoms with Gasteiger partial charge in [0.15, 0.2) is 0 Å². The number of nitrogens with zero attached hydrogens (tertiary/aromatic N) is 4. The van der Waals surface area contributed by atoms with Gasteiger partial charge in [0, 0.05) is 39.5 Å². The number of pyridine rings is 1. The molecule has 0 N–H and O–H groups in total. The summed E-state index contributed by atoms with van der Waals surface area (Å²) in [6.07, 6.45) is 3.70. The minimum absolute atomic E-state index is 0.585. The van der Waals surface area contributed by atoms with Crippen LogP contribution in [0.15, 0.2) is 170 Å².